The van der Waals surface area contributed by atoms with Crippen LogP contribution in [-0.2, 0) is 6.42 Å². The van der Waals surface area contributed by atoms with Crippen LogP contribution in [0.5, 0.6) is 0 Å². The quantitative estimate of drug-likeness (QED) is 0.613. The first kappa shape index (κ1) is 11.6. The van der Waals surface area contributed by atoms with Gasteiger partial charge in [-0.25, -0.2) is 0 Å². The molecule has 5 heteroatoms. The van der Waals surface area contributed by atoms with E-state index in [0.717, 1.165) is 12.5 Å². The third-order valence-corrected chi connectivity index (χ3v) is 2.23. The summed E-state index contributed by atoms with van der Waals surface area (Å²) in [7, 11) is 0. The van der Waals surface area contributed by atoms with Gasteiger partial charge in [0, 0.05) is 12.1 Å². The summed E-state index contributed by atoms with van der Waals surface area (Å²) in [5.74, 6) is -0.811. The summed E-state index contributed by atoms with van der Waals surface area (Å²) in [5, 5.41) is 10.5. The van der Waals surface area contributed by atoms with E-state index < -0.39 is 16.4 Å². The largest absolute Gasteiger partial charge is 0.327 e. The van der Waals surface area contributed by atoms with Crippen molar-refractivity contribution in [3.8, 4) is 0 Å². The van der Waals surface area contributed by atoms with E-state index in [1.165, 1.54) is 12.1 Å². The number of nitro benzene ring substituents is 1. The highest BCUT2D eigenvalue weighted by atomic mass is 19.1. The van der Waals surface area contributed by atoms with Gasteiger partial charge in [0.15, 0.2) is 0 Å². The first-order valence-corrected chi connectivity index (χ1v) is 4.73. The summed E-state index contributed by atoms with van der Waals surface area (Å²) in [6, 6.07) is 3.83. The SMILES string of the molecule is CCC(N)Cc1ccc(F)c([N+](=O)[O-])c1. The van der Waals surface area contributed by atoms with Crippen LogP contribution in [0.2, 0.25) is 0 Å². The standard InChI is InChI=1S/C10H13FN2O2/c1-2-8(12)5-7-3-4-9(11)10(6-7)13(14)15/h3-4,6,8H,2,5,12H2,1H3. The molecule has 0 saturated heterocycles. The lowest BCUT2D eigenvalue weighted by Gasteiger charge is -2.08. The summed E-state index contributed by atoms with van der Waals surface area (Å²) < 4.78 is 13.0. The van der Waals surface area contributed by atoms with E-state index >= 15 is 0 Å². The molecule has 0 aliphatic rings. The van der Waals surface area contributed by atoms with Gasteiger partial charge in [0.25, 0.3) is 0 Å². The molecule has 0 spiro atoms. The Bertz CT molecular complexity index is 368. The maximum atomic E-state index is 13.0. The minimum atomic E-state index is -0.811. The maximum absolute atomic E-state index is 13.0. The molecule has 1 atom stereocenters. The predicted octanol–water partition coefficient (Wildman–Crippen LogP) is 2.01. The predicted molar refractivity (Wildman–Crippen MR) is 55.0 cm³/mol. The molecule has 2 N–H and O–H groups in total. The second-order valence-electron chi connectivity index (χ2n) is 3.42. The fraction of sp³-hybridized carbons (Fsp3) is 0.400. The lowest BCUT2D eigenvalue weighted by molar-refractivity contribution is -0.387. The van der Waals surface area contributed by atoms with Crippen LogP contribution in [0.4, 0.5) is 10.1 Å². The first-order chi connectivity index (χ1) is 7.04. The molecular formula is C10H13FN2O2. The van der Waals surface area contributed by atoms with Crippen molar-refractivity contribution in [3.63, 3.8) is 0 Å². The van der Waals surface area contributed by atoms with Crippen LogP contribution in [0.15, 0.2) is 18.2 Å². The number of nitrogens with zero attached hydrogens (tertiary/aromatic N) is 1. The molecule has 0 amide bonds. The molecule has 15 heavy (non-hydrogen) atoms. The van der Waals surface area contributed by atoms with Crippen LogP contribution >= 0.6 is 0 Å². The monoisotopic (exact) mass is 212 g/mol. The number of nitrogens with two attached hydrogens (primary N) is 1. The van der Waals surface area contributed by atoms with Gasteiger partial charge >= 0.3 is 5.69 Å². The van der Waals surface area contributed by atoms with Gasteiger partial charge in [-0.1, -0.05) is 13.0 Å². The highest BCUT2D eigenvalue weighted by Crippen LogP contribution is 2.19. The fourth-order valence-electron chi connectivity index (χ4n) is 1.27. The Kier molecular flexibility index (Phi) is 3.74. The number of nitro groups is 1. The Balaban J connectivity index is 2.92. The second kappa shape index (κ2) is 4.84. The third-order valence-electron chi connectivity index (χ3n) is 2.23. The Hall–Kier alpha value is -1.49. The zero-order chi connectivity index (χ0) is 11.4. The highest BCUT2D eigenvalue weighted by Gasteiger charge is 2.14. The van der Waals surface area contributed by atoms with Crippen molar-refractivity contribution in [3.05, 3.63) is 39.7 Å². The minimum Gasteiger partial charge on any atom is -0.327 e. The Labute approximate surface area is 87.0 Å². The first-order valence-electron chi connectivity index (χ1n) is 4.73. The van der Waals surface area contributed by atoms with E-state index in [0.29, 0.717) is 12.0 Å². The van der Waals surface area contributed by atoms with Crippen molar-refractivity contribution < 1.29 is 9.31 Å². The molecule has 1 unspecified atom stereocenters. The number of hydrogen-bond donors (Lipinski definition) is 1. The Morgan fingerprint density at radius 3 is 2.80 bits per heavy atom. The molecule has 1 aromatic rings. The molecular weight excluding hydrogens is 199 g/mol. The van der Waals surface area contributed by atoms with E-state index in [-0.39, 0.29) is 6.04 Å². The zero-order valence-electron chi connectivity index (χ0n) is 8.44. The summed E-state index contributed by atoms with van der Waals surface area (Å²) in [6.45, 7) is 1.93. The molecule has 1 rings (SSSR count). The molecule has 0 heterocycles. The fourth-order valence-corrected chi connectivity index (χ4v) is 1.27. The number of benzene rings is 1. The molecule has 0 radical (unpaired) electrons. The molecule has 82 valence electrons. The molecule has 0 aliphatic heterocycles. The van der Waals surface area contributed by atoms with Gasteiger partial charge in [-0.05, 0) is 24.5 Å². The van der Waals surface area contributed by atoms with Crippen LogP contribution < -0.4 is 5.73 Å². The van der Waals surface area contributed by atoms with Gasteiger partial charge in [-0.3, -0.25) is 10.1 Å². The highest BCUT2D eigenvalue weighted by molar-refractivity contribution is 5.36. The van der Waals surface area contributed by atoms with E-state index in [1.807, 2.05) is 6.92 Å². The van der Waals surface area contributed by atoms with Gasteiger partial charge in [0.05, 0.1) is 4.92 Å². The molecule has 0 aromatic heterocycles. The van der Waals surface area contributed by atoms with Crippen molar-refractivity contribution in [2.45, 2.75) is 25.8 Å². The van der Waals surface area contributed by atoms with E-state index in [9.17, 15) is 14.5 Å². The smallest absolute Gasteiger partial charge is 0.305 e. The Morgan fingerprint density at radius 2 is 2.27 bits per heavy atom. The van der Waals surface area contributed by atoms with Crippen molar-refractivity contribution in [1.29, 1.82) is 0 Å². The van der Waals surface area contributed by atoms with Crippen LogP contribution in [0.1, 0.15) is 18.9 Å². The number of rotatable bonds is 4. The lowest BCUT2D eigenvalue weighted by Crippen LogP contribution is -2.21. The maximum Gasteiger partial charge on any atom is 0.305 e. The molecule has 0 bridgehead atoms. The Morgan fingerprint density at radius 1 is 1.60 bits per heavy atom. The number of hydrogen-bond acceptors (Lipinski definition) is 3. The summed E-state index contributed by atoms with van der Waals surface area (Å²) in [6.07, 6.45) is 1.31. The van der Waals surface area contributed by atoms with Crippen LogP contribution in [0.3, 0.4) is 0 Å². The third kappa shape index (κ3) is 2.99. The molecule has 0 saturated carbocycles. The van der Waals surface area contributed by atoms with Crippen LogP contribution in [0, 0.1) is 15.9 Å². The zero-order valence-corrected chi connectivity index (χ0v) is 8.44. The molecule has 0 fully saturated rings. The summed E-state index contributed by atoms with van der Waals surface area (Å²) in [4.78, 5) is 9.74. The van der Waals surface area contributed by atoms with Gasteiger partial charge < -0.3 is 5.73 Å². The van der Waals surface area contributed by atoms with Crippen LogP contribution in [-0.4, -0.2) is 11.0 Å². The van der Waals surface area contributed by atoms with Gasteiger partial charge in [-0.15, -0.1) is 0 Å². The topological polar surface area (TPSA) is 69.2 Å². The number of halogens is 1. The van der Waals surface area contributed by atoms with Gasteiger partial charge in [0.1, 0.15) is 0 Å². The second-order valence-corrected chi connectivity index (χ2v) is 3.42. The van der Waals surface area contributed by atoms with Crippen LogP contribution in [0.25, 0.3) is 0 Å². The average molecular weight is 212 g/mol. The minimum absolute atomic E-state index is 0.0462. The lowest BCUT2D eigenvalue weighted by atomic mass is 10.0. The van der Waals surface area contributed by atoms with E-state index in [1.54, 1.807) is 0 Å². The average Bonchev–Trinajstić information content (AvgIpc) is 2.20. The van der Waals surface area contributed by atoms with Crippen molar-refractivity contribution in [2.75, 3.05) is 0 Å². The van der Waals surface area contributed by atoms with Gasteiger partial charge in [-0.2, -0.15) is 4.39 Å². The van der Waals surface area contributed by atoms with Crippen molar-refractivity contribution in [1.82, 2.24) is 0 Å². The van der Waals surface area contributed by atoms with E-state index in [4.69, 9.17) is 5.73 Å². The van der Waals surface area contributed by atoms with Crippen molar-refractivity contribution >= 4 is 5.69 Å². The molecule has 0 aliphatic carbocycles. The molecule has 4 nitrogen and oxygen atoms in total. The van der Waals surface area contributed by atoms with Gasteiger partial charge in [0.2, 0.25) is 5.82 Å². The van der Waals surface area contributed by atoms with Crippen molar-refractivity contribution in [2.24, 2.45) is 5.73 Å². The summed E-state index contributed by atoms with van der Waals surface area (Å²) in [5.41, 5.74) is 5.91. The molecule has 1 aromatic carbocycles. The summed E-state index contributed by atoms with van der Waals surface area (Å²) >= 11 is 0. The normalized spacial score (nSPS) is 12.5. The van der Waals surface area contributed by atoms with E-state index in [2.05, 4.69) is 0 Å².